The van der Waals surface area contributed by atoms with E-state index in [1.54, 1.807) is 0 Å². The van der Waals surface area contributed by atoms with Gasteiger partial charge >= 0.3 is 0 Å². The molecule has 1 aliphatic rings. The lowest BCUT2D eigenvalue weighted by molar-refractivity contribution is 0.237. The molecule has 0 aliphatic carbocycles. The van der Waals surface area contributed by atoms with Gasteiger partial charge in [-0.1, -0.05) is 24.6 Å². The van der Waals surface area contributed by atoms with Gasteiger partial charge in [-0.25, -0.2) is 0 Å². The van der Waals surface area contributed by atoms with E-state index in [-0.39, 0.29) is 0 Å². The second kappa shape index (κ2) is 7.71. The fraction of sp³-hybridized carbons (Fsp3) is 0.444. The van der Waals surface area contributed by atoms with Gasteiger partial charge in [0.25, 0.3) is 0 Å². The molecule has 0 saturated carbocycles. The van der Waals surface area contributed by atoms with Crippen LogP contribution in [0.3, 0.4) is 0 Å². The van der Waals surface area contributed by atoms with Gasteiger partial charge in [0.15, 0.2) is 0 Å². The number of hydrogen-bond donors (Lipinski definition) is 0. The second-order valence-electron chi connectivity index (χ2n) is 5.62. The molecule has 1 aromatic carbocycles. The SMILES string of the molecule is c1ccc(SCCCCCN2CCc3occc3C2)cc1. The van der Waals surface area contributed by atoms with E-state index in [1.807, 2.05) is 18.0 Å². The normalized spacial score (nSPS) is 15.0. The molecule has 0 bridgehead atoms. The summed E-state index contributed by atoms with van der Waals surface area (Å²) < 4.78 is 5.47. The summed E-state index contributed by atoms with van der Waals surface area (Å²) in [6.45, 7) is 3.45. The van der Waals surface area contributed by atoms with Gasteiger partial charge in [-0.15, -0.1) is 11.8 Å². The van der Waals surface area contributed by atoms with E-state index in [9.17, 15) is 0 Å². The summed E-state index contributed by atoms with van der Waals surface area (Å²) in [5.74, 6) is 2.43. The number of furan rings is 1. The zero-order valence-electron chi connectivity index (χ0n) is 12.5. The maximum absolute atomic E-state index is 5.47. The van der Waals surface area contributed by atoms with Crippen molar-refractivity contribution >= 4 is 11.8 Å². The maximum atomic E-state index is 5.47. The molecule has 21 heavy (non-hydrogen) atoms. The molecular formula is C18H23NOS. The van der Waals surface area contributed by atoms with E-state index in [0.29, 0.717) is 0 Å². The van der Waals surface area contributed by atoms with Crippen LogP contribution < -0.4 is 0 Å². The molecule has 0 N–H and O–H groups in total. The zero-order chi connectivity index (χ0) is 14.3. The predicted molar refractivity (Wildman–Crippen MR) is 88.7 cm³/mol. The van der Waals surface area contributed by atoms with Crippen molar-refractivity contribution in [2.24, 2.45) is 0 Å². The first kappa shape index (κ1) is 14.7. The molecular weight excluding hydrogens is 278 g/mol. The highest BCUT2D eigenvalue weighted by molar-refractivity contribution is 7.99. The molecule has 0 spiro atoms. The molecule has 0 fully saturated rings. The fourth-order valence-corrected chi connectivity index (χ4v) is 3.75. The Morgan fingerprint density at radius 1 is 1.05 bits per heavy atom. The van der Waals surface area contributed by atoms with E-state index in [0.717, 1.165) is 19.5 Å². The van der Waals surface area contributed by atoms with Gasteiger partial charge in [-0.3, -0.25) is 4.90 Å². The van der Waals surface area contributed by atoms with Gasteiger partial charge < -0.3 is 4.42 Å². The van der Waals surface area contributed by atoms with Gasteiger partial charge in [-0.2, -0.15) is 0 Å². The number of fused-ring (bicyclic) bond motifs is 1. The molecule has 1 aromatic heterocycles. The highest BCUT2D eigenvalue weighted by Crippen LogP contribution is 2.21. The van der Waals surface area contributed by atoms with Gasteiger partial charge in [0.1, 0.15) is 5.76 Å². The van der Waals surface area contributed by atoms with E-state index < -0.39 is 0 Å². The van der Waals surface area contributed by atoms with Crippen molar-refractivity contribution in [3.8, 4) is 0 Å². The number of benzene rings is 1. The van der Waals surface area contributed by atoms with Gasteiger partial charge in [0.05, 0.1) is 6.26 Å². The summed E-state index contributed by atoms with van der Waals surface area (Å²) in [5.41, 5.74) is 1.39. The van der Waals surface area contributed by atoms with Gasteiger partial charge in [0, 0.05) is 30.0 Å². The Morgan fingerprint density at radius 2 is 1.95 bits per heavy atom. The molecule has 1 aliphatic heterocycles. The monoisotopic (exact) mass is 301 g/mol. The van der Waals surface area contributed by atoms with Crippen LogP contribution in [0.25, 0.3) is 0 Å². The number of thioether (sulfide) groups is 1. The first-order valence-corrected chi connectivity index (χ1v) is 8.86. The van der Waals surface area contributed by atoms with Crippen LogP contribution in [0, 0.1) is 0 Å². The summed E-state index contributed by atoms with van der Waals surface area (Å²) in [5, 5.41) is 0. The van der Waals surface area contributed by atoms with Crippen LogP contribution in [0.15, 0.2) is 52.0 Å². The van der Waals surface area contributed by atoms with Crippen LogP contribution in [0.2, 0.25) is 0 Å². The minimum absolute atomic E-state index is 1.07. The molecule has 2 heterocycles. The lowest BCUT2D eigenvalue weighted by Crippen LogP contribution is -2.30. The smallest absolute Gasteiger partial charge is 0.109 e. The van der Waals surface area contributed by atoms with Crippen molar-refractivity contribution in [1.29, 1.82) is 0 Å². The zero-order valence-corrected chi connectivity index (χ0v) is 13.3. The van der Waals surface area contributed by atoms with Gasteiger partial charge in [-0.05, 0) is 43.3 Å². The molecule has 0 atom stereocenters. The van der Waals surface area contributed by atoms with Crippen molar-refractivity contribution in [2.75, 3.05) is 18.8 Å². The molecule has 3 rings (SSSR count). The van der Waals surface area contributed by atoms with Crippen molar-refractivity contribution in [3.05, 3.63) is 54.0 Å². The van der Waals surface area contributed by atoms with E-state index in [1.165, 1.54) is 47.8 Å². The Bertz CT molecular complexity index is 537. The van der Waals surface area contributed by atoms with Crippen molar-refractivity contribution in [3.63, 3.8) is 0 Å². The molecule has 0 unspecified atom stereocenters. The van der Waals surface area contributed by atoms with Crippen molar-refractivity contribution in [1.82, 2.24) is 4.90 Å². The average molecular weight is 301 g/mol. The first-order chi connectivity index (χ1) is 10.4. The predicted octanol–water partition coefficient (Wildman–Crippen LogP) is 4.60. The maximum Gasteiger partial charge on any atom is 0.109 e. The summed E-state index contributed by atoms with van der Waals surface area (Å²) in [4.78, 5) is 3.95. The Balaban J connectivity index is 1.27. The highest BCUT2D eigenvalue weighted by Gasteiger charge is 2.17. The molecule has 0 amide bonds. The van der Waals surface area contributed by atoms with Crippen LogP contribution in [0.4, 0.5) is 0 Å². The van der Waals surface area contributed by atoms with Crippen molar-refractivity contribution in [2.45, 2.75) is 37.1 Å². The number of nitrogens with zero attached hydrogens (tertiary/aromatic N) is 1. The average Bonchev–Trinajstić information content (AvgIpc) is 2.99. The molecule has 2 nitrogen and oxygen atoms in total. The van der Waals surface area contributed by atoms with Crippen LogP contribution >= 0.6 is 11.8 Å². The molecule has 3 heteroatoms. The minimum atomic E-state index is 1.07. The third kappa shape index (κ3) is 4.39. The molecule has 112 valence electrons. The molecule has 2 aromatic rings. The third-order valence-electron chi connectivity index (χ3n) is 4.02. The van der Waals surface area contributed by atoms with Crippen LogP contribution in [0.5, 0.6) is 0 Å². The fourth-order valence-electron chi connectivity index (χ4n) is 2.82. The molecule has 0 saturated heterocycles. The Hall–Kier alpha value is -1.19. The summed E-state index contributed by atoms with van der Waals surface area (Å²) in [6.07, 6.45) is 6.85. The Morgan fingerprint density at radius 3 is 2.86 bits per heavy atom. The van der Waals surface area contributed by atoms with Crippen LogP contribution in [-0.4, -0.2) is 23.7 Å². The Kier molecular flexibility index (Phi) is 5.41. The second-order valence-corrected chi connectivity index (χ2v) is 6.79. The number of unbranched alkanes of at least 4 members (excludes halogenated alkanes) is 2. The Labute approximate surface area is 131 Å². The summed E-state index contributed by atoms with van der Waals surface area (Å²) >= 11 is 1.97. The van der Waals surface area contributed by atoms with Crippen molar-refractivity contribution < 1.29 is 4.42 Å². The highest BCUT2D eigenvalue weighted by atomic mass is 32.2. The third-order valence-corrected chi connectivity index (χ3v) is 5.12. The number of rotatable bonds is 7. The summed E-state index contributed by atoms with van der Waals surface area (Å²) in [6, 6.07) is 12.8. The number of hydrogen-bond acceptors (Lipinski definition) is 3. The lowest BCUT2D eigenvalue weighted by Gasteiger charge is -2.25. The largest absolute Gasteiger partial charge is 0.469 e. The van der Waals surface area contributed by atoms with E-state index in [2.05, 4.69) is 41.3 Å². The van der Waals surface area contributed by atoms with Gasteiger partial charge in [0.2, 0.25) is 0 Å². The standard InChI is InChI=1S/C18H23NOS/c1-3-7-17(8-4-1)21-14-6-2-5-11-19-12-9-18-16(15-19)10-13-20-18/h1,3-4,7-8,10,13H,2,5-6,9,11-12,14-15H2. The lowest BCUT2D eigenvalue weighted by atomic mass is 10.1. The minimum Gasteiger partial charge on any atom is -0.469 e. The molecule has 0 radical (unpaired) electrons. The quantitative estimate of drug-likeness (QED) is 0.549. The first-order valence-electron chi connectivity index (χ1n) is 7.87. The van der Waals surface area contributed by atoms with E-state index >= 15 is 0 Å². The topological polar surface area (TPSA) is 16.4 Å². The van der Waals surface area contributed by atoms with Crippen LogP contribution in [-0.2, 0) is 13.0 Å². The van der Waals surface area contributed by atoms with E-state index in [4.69, 9.17) is 4.42 Å². The summed E-state index contributed by atoms with van der Waals surface area (Å²) in [7, 11) is 0. The van der Waals surface area contributed by atoms with Crippen LogP contribution in [0.1, 0.15) is 30.6 Å².